The van der Waals surface area contributed by atoms with Gasteiger partial charge >= 0.3 is 0 Å². The summed E-state index contributed by atoms with van der Waals surface area (Å²) in [5.74, 6) is -0.561. The molecule has 0 amide bonds. The third-order valence-corrected chi connectivity index (χ3v) is 1.58. The topological polar surface area (TPSA) is 165 Å². The molecule has 0 aliphatic heterocycles. The molecule has 0 heterocycles. The predicted molar refractivity (Wildman–Crippen MR) is 46.2 cm³/mol. The maximum Gasteiger partial charge on any atom is 0.157 e. The van der Waals surface area contributed by atoms with Gasteiger partial charge in [0.1, 0.15) is 17.1 Å². The third kappa shape index (κ3) is 1.57. The lowest BCUT2D eigenvalue weighted by atomic mass is 10.2. The molecule has 9 heteroatoms. The van der Waals surface area contributed by atoms with Crippen LogP contribution in [0.15, 0.2) is 20.5 Å². The van der Waals surface area contributed by atoms with Gasteiger partial charge in [0.05, 0.1) is 6.07 Å². The molecule has 0 fully saturated rings. The number of rotatable bonds is 4. The molecule has 1 aromatic rings. The van der Waals surface area contributed by atoms with Gasteiger partial charge in [0.25, 0.3) is 0 Å². The third-order valence-electron chi connectivity index (χ3n) is 1.58. The van der Waals surface area contributed by atoms with Gasteiger partial charge in [-0.3, -0.25) is 0 Å². The average molecular weight is 205 g/mol. The van der Waals surface area contributed by atoms with Gasteiger partial charge in [-0.2, -0.15) is 20.5 Å². The second-order valence-electron chi connectivity index (χ2n) is 2.32. The van der Waals surface area contributed by atoms with E-state index in [0.29, 0.717) is 0 Å². The van der Waals surface area contributed by atoms with E-state index in [1.807, 2.05) is 0 Å². The van der Waals surface area contributed by atoms with E-state index in [4.69, 9.17) is 22.1 Å². The van der Waals surface area contributed by atoms with Crippen LogP contribution in [0.3, 0.4) is 0 Å². The highest BCUT2D eigenvalue weighted by Gasteiger charge is 2.18. The number of hydrogen-bond donors (Lipinski definition) is 5. The fraction of sp³-hybridized carbons (Fsp3) is 0. The van der Waals surface area contributed by atoms with Crippen LogP contribution in [0.4, 0.5) is 22.7 Å². The van der Waals surface area contributed by atoms with Gasteiger partial charge < -0.3 is 5.11 Å². The van der Waals surface area contributed by atoms with Crippen LogP contribution in [-0.4, -0.2) is 5.11 Å². The van der Waals surface area contributed by atoms with E-state index in [9.17, 15) is 5.11 Å². The largest absolute Gasteiger partial charge is 0.505 e. The Bertz CT molecular complexity index is 453. The lowest BCUT2D eigenvalue weighted by Crippen LogP contribution is -1.74. The van der Waals surface area contributed by atoms with E-state index in [0.717, 1.165) is 0 Å². The minimum absolute atomic E-state index is 0.233. The molecule has 15 heavy (non-hydrogen) atoms. The van der Waals surface area contributed by atoms with Crippen molar-refractivity contribution in [1.29, 1.82) is 22.1 Å². The molecular weight excluding hydrogens is 200 g/mol. The fourth-order valence-corrected chi connectivity index (χ4v) is 0.966. The Balaban J connectivity index is 3.73. The van der Waals surface area contributed by atoms with E-state index in [-0.39, 0.29) is 22.7 Å². The monoisotopic (exact) mass is 205 g/mol. The molecule has 75 valence electrons. The van der Waals surface area contributed by atoms with Crippen LogP contribution in [0, 0.1) is 28.2 Å². The molecule has 9 nitrogen and oxygen atoms in total. The molecule has 0 unspecified atom stereocenters. The Morgan fingerprint density at radius 2 is 1.33 bits per heavy atom. The van der Waals surface area contributed by atoms with Crippen molar-refractivity contribution in [2.75, 3.05) is 0 Å². The van der Waals surface area contributed by atoms with Crippen molar-refractivity contribution in [3.8, 4) is 5.75 Å². The lowest BCUT2D eigenvalue weighted by Gasteiger charge is -2.04. The molecule has 0 spiro atoms. The van der Waals surface area contributed by atoms with Crippen molar-refractivity contribution in [1.82, 2.24) is 0 Å². The predicted octanol–water partition coefficient (Wildman–Crippen LogP) is 3.84. The number of benzene rings is 1. The summed E-state index contributed by atoms with van der Waals surface area (Å²) in [5, 5.41) is 21.2. The van der Waals surface area contributed by atoms with Crippen molar-refractivity contribution in [2.24, 2.45) is 20.5 Å². The number of hydrogen-bond acceptors (Lipinski definition) is 9. The van der Waals surface area contributed by atoms with Crippen LogP contribution in [-0.2, 0) is 0 Å². The van der Waals surface area contributed by atoms with Gasteiger partial charge in [0.2, 0.25) is 0 Å². The summed E-state index contributed by atoms with van der Waals surface area (Å²) < 4.78 is 0. The quantitative estimate of drug-likeness (QED) is 0.463. The standard InChI is InChI=1S/C6H5N8O/c7-11-2-1-3(15)5(13-9)6(14-10)4(2)12-8/h7-10,15H. The Kier molecular flexibility index (Phi) is 2.86. The minimum Gasteiger partial charge on any atom is -0.505 e. The summed E-state index contributed by atoms with van der Waals surface area (Å²) >= 11 is 0. The molecule has 0 aliphatic carbocycles. The van der Waals surface area contributed by atoms with Crippen molar-refractivity contribution in [3.63, 3.8) is 0 Å². The number of phenols is 1. The smallest absolute Gasteiger partial charge is 0.157 e. The zero-order valence-electron chi connectivity index (χ0n) is 7.24. The van der Waals surface area contributed by atoms with Crippen molar-refractivity contribution >= 4 is 22.7 Å². The molecule has 0 saturated carbocycles. The maximum atomic E-state index is 9.30. The Labute approximate surface area is 83.2 Å². The summed E-state index contributed by atoms with van der Waals surface area (Å²) in [4.78, 5) is 0. The van der Waals surface area contributed by atoms with Crippen molar-refractivity contribution in [3.05, 3.63) is 6.07 Å². The first-order chi connectivity index (χ1) is 7.19. The lowest BCUT2D eigenvalue weighted by molar-refractivity contribution is 0.475. The van der Waals surface area contributed by atoms with Crippen molar-refractivity contribution < 1.29 is 5.11 Å². The summed E-state index contributed by atoms with van der Waals surface area (Å²) in [6.07, 6.45) is 0. The first-order valence-electron chi connectivity index (χ1n) is 3.51. The highest BCUT2D eigenvalue weighted by molar-refractivity contribution is 5.87. The number of aromatic hydroxyl groups is 1. The van der Waals surface area contributed by atoms with Crippen LogP contribution in [0.5, 0.6) is 5.75 Å². The van der Waals surface area contributed by atoms with Crippen LogP contribution < -0.4 is 0 Å². The first-order valence-corrected chi connectivity index (χ1v) is 3.51. The highest BCUT2D eigenvalue weighted by atomic mass is 16.3. The van der Waals surface area contributed by atoms with Gasteiger partial charge in [0.15, 0.2) is 11.4 Å². The Morgan fingerprint density at radius 1 is 0.800 bits per heavy atom. The van der Waals surface area contributed by atoms with E-state index >= 15 is 0 Å². The second kappa shape index (κ2) is 4.09. The Hall–Kier alpha value is -2.58. The number of phenolic OH excluding ortho intramolecular Hbond substituents is 1. The number of nitrogens with zero attached hydrogens (tertiary/aromatic N) is 4. The second-order valence-corrected chi connectivity index (χ2v) is 2.32. The molecule has 0 bridgehead atoms. The van der Waals surface area contributed by atoms with Crippen molar-refractivity contribution in [2.45, 2.75) is 0 Å². The summed E-state index contributed by atoms with van der Waals surface area (Å²) in [7, 11) is 0. The molecule has 0 aromatic heterocycles. The molecule has 0 atom stereocenters. The van der Waals surface area contributed by atoms with E-state index < -0.39 is 5.75 Å². The minimum atomic E-state index is -0.561. The van der Waals surface area contributed by atoms with Gasteiger partial charge in [-0.05, 0) is 0 Å². The van der Waals surface area contributed by atoms with E-state index in [1.54, 1.807) is 0 Å². The van der Waals surface area contributed by atoms with Gasteiger partial charge in [-0.25, -0.2) is 22.1 Å². The van der Waals surface area contributed by atoms with Crippen LogP contribution in [0.1, 0.15) is 0 Å². The molecule has 5 N–H and O–H groups in total. The van der Waals surface area contributed by atoms with E-state index in [1.165, 1.54) is 0 Å². The zero-order chi connectivity index (χ0) is 11.4. The van der Waals surface area contributed by atoms with Crippen LogP contribution in [0.25, 0.3) is 0 Å². The zero-order valence-corrected chi connectivity index (χ0v) is 7.24. The molecule has 1 aromatic carbocycles. The van der Waals surface area contributed by atoms with Crippen LogP contribution in [0.2, 0.25) is 0 Å². The SMILES string of the molecule is N=Nc1[c]c(O)c(N=N)c(N=N)c1N=N. The molecule has 0 aliphatic rings. The van der Waals surface area contributed by atoms with Crippen LogP contribution >= 0.6 is 0 Å². The molecular formula is C6H5N8O. The average Bonchev–Trinajstić information content (AvgIpc) is 2.27. The highest BCUT2D eigenvalue weighted by Crippen LogP contribution is 2.49. The first kappa shape index (κ1) is 10.5. The molecule has 1 radical (unpaired) electrons. The number of nitrogens with one attached hydrogen (secondary N) is 4. The summed E-state index contributed by atoms with van der Waals surface area (Å²) in [5.41, 5.74) is 26.0. The summed E-state index contributed by atoms with van der Waals surface area (Å²) in [6, 6.07) is 2.20. The van der Waals surface area contributed by atoms with Gasteiger partial charge in [0, 0.05) is 0 Å². The normalized spacial score (nSPS) is 9.33. The molecule has 1 rings (SSSR count). The Morgan fingerprint density at radius 3 is 1.73 bits per heavy atom. The molecule has 0 saturated heterocycles. The van der Waals surface area contributed by atoms with E-state index in [2.05, 4.69) is 26.5 Å². The fourth-order valence-electron chi connectivity index (χ4n) is 0.966. The van der Waals surface area contributed by atoms with Gasteiger partial charge in [-0.15, -0.1) is 0 Å². The summed E-state index contributed by atoms with van der Waals surface area (Å²) in [6.45, 7) is 0. The van der Waals surface area contributed by atoms with Gasteiger partial charge in [-0.1, -0.05) is 0 Å². The maximum absolute atomic E-state index is 9.30.